The molecule has 1 heterocycles. The second-order valence-electron chi connectivity index (χ2n) is 6.28. The van der Waals surface area contributed by atoms with Crippen molar-refractivity contribution < 1.29 is 14.3 Å². The van der Waals surface area contributed by atoms with Gasteiger partial charge in [0, 0.05) is 37.8 Å². The van der Waals surface area contributed by atoms with Crippen molar-refractivity contribution in [2.45, 2.75) is 0 Å². The van der Waals surface area contributed by atoms with Crippen LogP contribution < -0.4 is 9.47 Å². The van der Waals surface area contributed by atoms with E-state index in [2.05, 4.69) is 11.9 Å². The molecule has 0 saturated carbocycles. The molecular weight excluding hydrogens is 316 g/mol. The number of piperazine rings is 1. The largest absolute Gasteiger partial charge is 0.497 e. The molecule has 0 aliphatic carbocycles. The maximum absolute atomic E-state index is 12.8. The Kier molecular flexibility index (Phi) is 5.24. The number of carbonyl (C=O) groups excluding carboxylic acids is 1. The summed E-state index contributed by atoms with van der Waals surface area (Å²) in [7, 11) is 5.34. The van der Waals surface area contributed by atoms with Crippen molar-refractivity contribution in [1.29, 1.82) is 0 Å². The SMILES string of the molecule is COc1cc(OC)cc(-c2cccc(C(=O)N3CCN(C)CC3)c2)c1. The molecule has 5 nitrogen and oxygen atoms in total. The van der Waals surface area contributed by atoms with Crippen LogP contribution in [0, 0.1) is 0 Å². The molecule has 3 rings (SSSR count). The Morgan fingerprint density at radius 2 is 1.52 bits per heavy atom. The minimum Gasteiger partial charge on any atom is -0.497 e. The number of methoxy groups -OCH3 is 2. The van der Waals surface area contributed by atoms with Gasteiger partial charge in [0.2, 0.25) is 0 Å². The lowest BCUT2D eigenvalue weighted by Crippen LogP contribution is -2.47. The van der Waals surface area contributed by atoms with Crippen LogP contribution in [0.25, 0.3) is 11.1 Å². The highest BCUT2D eigenvalue weighted by Gasteiger charge is 2.20. The standard InChI is InChI=1S/C20H24N2O3/c1-21-7-9-22(10-8-21)20(23)16-6-4-5-15(11-16)17-12-18(24-2)14-19(13-17)25-3/h4-6,11-14H,7-10H2,1-3H3. The van der Waals surface area contributed by atoms with Crippen molar-refractivity contribution in [1.82, 2.24) is 9.80 Å². The van der Waals surface area contributed by atoms with E-state index in [4.69, 9.17) is 9.47 Å². The zero-order chi connectivity index (χ0) is 17.8. The number of likely N-dealkylation sites (N-methyl/N-ethyl adjacent to an activating group) is 1. The number of hydrogen-bond donors (Lipinski definition) is 0. The van der Waals surface area contributed by atoms with E-state index in [-0.39, 0.29) is 5.91 Å². The van der Waals surface area contributed by atoms with Gasteiger partial charge in [-0.15, -0.1) is 0 Å². The van der Waals surface area contributed by atoms with Crippen LogP contribution in [0.2, 0.25) is 0 Å². The first-order valence-corrected chi connectivity index (χ1v) is 8.42. The number of amides is 1. The summed E-state index contributed by atoms with van der Waals surface area (Å²) in [6, 6.07) is 13.5. The van der Waals surface area contributed by atoms with E-state index in [1.54, 1.807) is 14.2 Å². The van der Waals surface area contributed by atoms with Gasteiger partial charge in [-0.3, -0.25) is 4.79 Å². The second-order valence-corrected chi connectivity index (χ2v) is 6.28. The molecule has 0 N–H and O–H groups in total. The first kappa shape index (κ1) is 17.3. The fourth-order valence-electron chi connectivity index (χ4n) is 3.00. The zero-order valence-corrected chi connectivity index (χ0v) is 15.0. The molecule has 0 spiro atoms. The zero-order valence-electron chi connectivity index (χ0n) is 15.0. The lowest BCUT2D eigenvalue weighted by molar-refractivity contribution is 0.0664. The second kappa shape index (κ2) is 7.57. The van der Waals surface area contributed by atoms with Gasteiger partial charge >= 0.3 is 0 Å². The van der Waals surface area contributed by atoms with E-state index in [1.807, 2.05) is 47.4 Å². The van der Waals surface area contributed by atoms with Gasteiger partial charge < -0.3 is 19.3 Å². The summed E-state index contributed by atoms with van der Waals surface area (Å²) in [5.74, 6) is 1.54. The monoisotopic (exact) mass is 340 g/mol. The highest BCUT2D eigenvalue weighted by molar-refractivity contribution is 5.95. The summed E-state index contributed by atoms with van der Waals surface area (Å²) in [5.41, 5.74) is 2.64. The van der Waals surface area contributed by atoms with Crippen LogP contribution in [-0.4, -0.2) is 63.2 Å². The van der Waals surface area contributed by atoms with Gasteiger partial charge in [-0.05, 0) is 42.4 Å². The smallest absolute Gasteiger partial charge is 0.253 e. The minimum atomic E-state index is 0.0878. The van der Waals surface area contributed by atoms with Gasteiger partial charge in [0.05, 0.1) is 14.2 Å². The molecular formula is C20H24N2O3. The van der Waals surface area contributed by atoms with Crippen LogP contribution in [0.4, 0.5) is 0 Å². The molecule has 1 saturated heterocycles. The highest BCUT2D eigenvalue weighted by atomic mass is 16.5. The van der Waals surface area contributed by atoms with Gasteiger partial charge in [0.1, 0.15) is 11.5 Å². The molecule has 0 unspecified atom stereocenters. The Labute approximate surface area is 148 Å². The van der Waals surface area contributed by atoms with Gasteiger partial charge in [0.15, 0.2) is 0 Å². The average molecular weight is 340 g/mol. The number of carbonyl (C=O) groups is 1. The maximum Gasteiger partial charge on any atom is 0.253 e. The lowest BCUT2D eigenvalue weighted by Gasteiger charge is -2.32. The van der Waals surface area contributed by atoms with Crippen molar-refractivity contribution >= 4 is 5.91 Å². The third-order valence-electron chi connectivity index (χ3n) is 4.58. The summed E-state index contributed by atoms with van der Waals surface area (Å²) in [5, 5.41) is 0. The molecule has 0 atom stereocenters. The first-order valence-electron chi connectivity index (χ1n) is 8.42. The van der Waals surface area contributed by atoms with Crippen molar-refractivity contribution in [3.05, 3.63) is 48.0 Å². The molecule has 1 aliphatic rings. The van der Waals surface area contributed by atoms with Crippen LogP contribution in [0.15, 0.2) is 42.5 Å². The summed E-state index contributed by atoms with van der Waals surface area (Å²) in [6.07, 6.45) is 0. The summed E-state index contributed by atoms with van der Waals surface area (Å²) in [4.78, 5) is 17.0. The Morgan fingerprint density at radius 3 is 2.12 bits per heavy atom. The molecule has 2 aromatic carbocycles. The summed E-state index contributed by atoms with van der Waals surface area (Å²) >= 11 is 0. The molecule has 0 aromatic heterocycles. The third kappa shape index (κ3) is 3.94. The quantitative estimate of drug-likeness (QED) is 0.858. The Bertz CT molecular complexity index is 730. The molecule has 25 heavy (non-hydrogen) atoms. The van der Waals surface area contributed by atoms with Crippen molar-refractivity contribution in [2.24, 2.45) is 0 Å². The Hall–Kier alpha value is -2.53. The van der Waals surface area contributed by atoms with Gasteiger partial charge in [0.25, 0.3) is 5.91 Å². The van der Waals surface area contributed by atoms with E-state index in [0.29, 0.717) is 5.56 Å². The molecule has 1 amide bonds. The molecule has 132 valence electrons. The Morgan fingerprint density at radius 1 is 0.880 bits per heavy atom. The molecule has 0 radical (unpaired) electrons. The van der Waals surface area contributed by atoms with Crippen LogP contribution in [0.5, 0.6) is 11.5 Å². The fourth-order valence-corrected chi connectivity index (χ4v) is 3.00. The predicted octanol–water partition coefficient (Wildman–Crippen LogP) is 2.76. The number of benzene rings is 2. The van der Waals surface area contributed by atoms with Crippen molar-refractivity contribution in [3.63, 3.8) is 0 Å². The number of nitrogens with zero attached hydrogens (tertiary/aromatic N) is 2. The van der Waals surface area contributed by atoms with E-state index < -0.39 is 0 Å². The van der Waals surface area contributed by atoms with Gasteiger partial charge in [-0.1, -0.05) is 12.1 Å². The van der Waals surface area contributed by atoms with Gasteiger partial charge in [-0.25, -0.2) is 0 Å². The van der Waals surface area contributed by atoms with E-state index in [1.165, 1.54) is 0 Å². The average Bonchev–Trinajstić information content (AvgIpc) is 2.67. The first-order chi connectivity index (χ1) is 12.1. The number of ether oxygens (including phenoxy) is 2. The number of rotatable bonds is 4. The maximum atomic E-state index is 12.8. The van der Waals surface area contributed by atoms with Crippen molar-refractivity contribution in [3.8, 4) is 22.6 Å². The van der Waals surface area contributed by atoms with Crippen molar-refractivity contribution in [2.75, 3.05) is 47.4 Å². The van der Waals surface area contributed by atoms with Crippen LogP contribution in [0.1, 0.15) is 10.4 Å². The van der Waals surface area contributed by atoms with Crippen LogP contribution >= 0.6 is 0 Å². The topological polar surface area (TPSA) is 42.0 Å². The predicted molar refractivity (Wildman–Crippen MR) is 98.4 cm³/mol. The number of hydrogen-bond acceptors (Lipinski definition) is 4. The third-order valence-corrected chi connectivity index (χ3v) is 4.58. The fraction of sp³-hybridized carbons (Fsp3) is 0.350. The van der Waals surface area contributed by atoms with Crippen LogP contribution in [-0.2, 0) is 0 Å². The van der Waals surface area contributed by atoms with Gasteiger partial charge in [-0.2, -0.15) is 0 Å². The van der Waals surface area contributed by atoms with E-state index >= 15 is 0 Å². The van der Waals surface area contributed by atoms with Crippen LogP contribution in [0.3, 0.4) is 0 Å². The molecule has 0 bridgehead atoms. The summed E-state index contributed by atoms with van der Waals surface area (Å²) in [6.45, 7) is 3.37. The lowest BCUT2D eigenvalue weighted by atomic mass is 10.0. The van der Waals surface area contributed by atoms with E-state index in [0.717, 1.165) is 48.8 Å². The van der Waals surface area contributed by atoms with E-state index in [9.17, 15) is 4.79 Å². The molecule has 1 aliphatic heterocycles. The molecule has 1 fully saturated rings. The molecule has 2 aromatic rings. The minimum absolute atomic E-state index is 0.0878. The highest BCUT2D eigenvalue weighted by Crippen LogP contribution is 2.30. The normalized spacial score (nSPS) is 15.1. The molecule has 5 heteroatoms. The Balaban J connectivity index is 1.88. The summed E-state index contributed by atoms with van der Waals surface area (Å²) < 4.78 is 10.7.